The molecule has 1 rings (SSSR count). The highest BCUT2D eigenvalue weighted by molar-refractivity contribution is 7.95. The molecule has 0 N–H and O–H groups in total. The topological polar surface area (TPSA) is 78.9 Å². The summed E-state index contributed by atoms with van der Waals surface area (Å²) in [5.74, 6) is -6.35. The molecule has 22 heavy (non-hydrogen) atoms. The predicted molar refractivity (Wildman–Crippen MR) is 58.9 cm³/mol. The Morgan fingerprint density at radius 3 is 1.95 bits per heavy atom. The average Bonchev–Trinajstić information content (AvgIpc) is 2.45. The Labute approximate surface area is 125 Å². The fraction of sp³-hybridized carbons (Fsp3) is 1.00. The molecule has 0 amide bonds. The summed E-state index contributed by atoms with van der Waals surface area (Å²) in [6, 6.07) is 0. The minimum atomic E-state index is -6.35. The Hall–Kier alpha value is -0.280. The monoisotopic (exact) mass is 378 g/mol. The summed E-state index contributed by atoms with van der Waals surface area (Å²) in [5, 5.41) is -0.0989. The van der Waals surface area contributed by atoms with E-state index in [2.05, 4.69) is 9.37 Å². The van der Waals surface area contributed by atoms with Gasteiger partial charge in [-0.2, -0.15) is 35.0 Å². The van der Waals surface area contributed by atoms with Crippen molar-refractivity contribution < 1.29 is 49.4 Å². The number of nitrogens with zero attached hydrogens (tertiary/aromatic N) is 1. The van der Waals surface area contributed by atoms with Crippen molar-refractivity contribution >= 4 is 22.1 Å². The third-order valence-corrected chi connectivity index (χ3v) is 5.42. The lowest BCUT2D eigenvalue weighted by atomic mass is 10.2. The van der Waals surface area contributed by atoms with Gasteiger partial charge in [0.1, 0.15) is 12.0 Å². The molecule has 6 nitrogen and oxygen atoms in total. The molecule has 1 heterocycles. The molecule has 14 heteroatoms. The van der Waals surface area contributed by atoms with Crippen LogP contribution in [0.15, 0.2) is 0 Å². The van der Waals surface area contributed by atoms with Gasteiger partial charge in [-0.15, -0.1) is 0 Å². The summed E-state index contributed by atoms with van der Waals surface area (Å²) >= 11 is -1.71. The molecule has 132 valence electrons. The van der Waals surface area contributed by atoms with E-state index in [1.54, 1.807) is 0 Å². The molecule has 1 aliphatic rings. The van der Waals surface area contributed by atoms with E-state index in [9.17, 15) is 40.0 Å². The number of piperidine rings is 1. The lowest BCUT2D eigenvalue weighted by Gasteiger charge is -2.35. The van der Waals surface area contributed by atoms with Crippen LogP contribution in [0.1, 0.15) is 19.3 Å². The number of rotatable bonds is 7. The SMILES string of the molecule is O=S(=O)(N1CCCCC1)C(F)(F)C(F)(F)C(F)(F)SOO[O-]. The van der Waals surface area contributed by atoms with Crippen molar-refractivity contribution in [3.8, 4) is 0 Å². The smallest absolute Gasteiger partial charge is 0.428 e. The number of sulfonamides is 1. The maximum Gasteiger partial charge on any atom is 0.428 e. The van der Waals surface area contributed by atoms with Crippen molar-refractivity contribution in [3.05, 3.63) is 0 Å². The molecule has 0 aliphatic carbocycles. The van der Waals surface area contributed by atoms with Crippen LogP contribution in [-0.2, 0) is 19.4 Å². The molecule has 0 saturated carbocycles. The van der Waals surface area contributed by atoms with Crippen LogP contribution in [0.25, 0.3) is 0 Å². The van der Waals surface area contributed by atoms with Crippen molar-refractivity contribution in [2.75, 3.05) is 13.1 Å². The number of hydrogen-bond acceptors (Lipinski definition) is 6. The Bertz CT molecular complexity index is 481. The van der Waals surface area contributed by atoms with Gasteiger partial charge in [-0.1, -0.05) is 6.42 Å². The zero-order valence-corrected chi connectivity index (χ0v) is 12.2. The van der Waals surface area contributed by atoms with Crippen LogP contribution < -0.4 is 5.26 Å². The first kappa shape index (κ1) is 19.8. The van der Waals surface area contributed by atoms with E-state index < -0.39 is 51.6 Å². The standard InChI is InChI=1S/C8H11F6NO5S2/c9-6(10,7(11,12)21-20-19-16)8(13,14)22(17,18)15-4-2-1-3-5-15/h16H,1-5H2/p-1. The normalized spacial score (nSPS) is 19.4. The first-order chi connectivity index (χ1) is 9.92. The van der Waals surface area contributed by atoms with Gasteiger partial charge in [0, 0.05) is 13.1 Å². The Kier molecular flexibility index (Phi) is 6.01. The molecule has 0 aromatic rings. The van der Waals surface area contributed by atoms with Gasteiger partial charge in [-0.3, -0.25) is 5.04 Å². The second-order valence-electron chi connectivity index (χ2n) is 4.29. The zero-order chi connectivity index (χ0) is 17.2. The van der Waals surface area contributed by atoms with E-state index in [1.165, 1.54) is 0 Å². The predicted octanol–water partition coefficient (Wildman–Crippen LogP) is 1.49. The lowest BCUT2D eigenvalue weighted by molar-refractivity contribution is -0.777. The molecule has 0 spiro atoms. The minimum Gasteiger partial charge on any atom is -0.691 e. The maximum absolute atomic E-state index is 13.6. The summed E-state index contributed by atoms with van der Waals surface area (Å²) in [6.07, 6.45) is 0.771. The molecule has 1 fully saturated rings. The first-order valence-corrected chi connectivity index (χ1v) is 7.87. The second kappa shape index (κ2) is 6.68. The summed E-state index contributed by atoms with van der Waals surface area (Å²) in [4.78, 5) is 0. The van der Waals surface area contributed by atoms with Crippen LogP contribution in [0.4, 0.5) is 26.3 Å². The number of hydrogen-bond donors (Lipinski definition) is 0. The van der Waals surface area contributed by atoms with Gasteiger partial charge in [-0.25, -0.2) is 8.42 Å². The molecule has 1 saturated heterocycles. The molecular weight excluding hydrogens is 368 g/mol. The molecule has 0 unspecified atom stereocenters. The van der Waals surface area contributed by atoms with Gasteiger partial charge in [-0.05, 0) is 12.8 Å². The van der Waals surface area contributed by atoms with Crippen LogP contribution in [0.2, 0.25) is 0 Å². The molecular formula is C8H10F6NO5S2-. The van der Waals surface area contributed by atoms with Gasteiger partial charge >= 0.3 is 16.4 Å². The molecule has 0 aromatic carbocycles. The highest BCUT2D eigenvalue weighted by atomic mass is 32.2. The second-order valence-corrected chi connectivity index (χ2v) is 7.09. The van der Waals surface area contributed by atoms with Crippen molar-refractivity contribution in [2.45, 2.75) is 35.7 Å². The maximum atomic E-state index is 13.6. The highest BCUT2D eigenvalue weighted by Crippen LogP contribution is 2.54. The number of alkyl halides is 6. The van der Waals surface area contributed by atoms with Crippen molar-refractivity contribution in [2.24, 2.45) is 0 Å². The van der Waals surface area contributed by atoms with Crippen molar-refractivity contribution in [1.29, 1.82) is 0 Å². The zero-order valence-electron chi connectivity index (χ0n) is 10.6. The molecule has 0 radical (unpaired) electrons. The largest absolute Gasteiger partial charge is 0.691 e. The average molecular weight is 378 g/mol. The quantitative estimate of drug-likeness (QED) is 0.289. The third-order valence-electron chi connectivity index (χ3n) is 2.88. The van der Waals surface area contributed by atoms with E-state index in [4.69, 9.17) is 0 Å². The van der Waals surface area contributed by atoms with Crippen LogP contribution in [-0.4, -0.2) is 42.2 Å². The van der Waals surface area contributed by atoms with Gasteiger partial charge in [0.05, 0.1) is 0 Å². The lowest BCUT2D eigenvalue weighted by Crippen LogP contribution is -2.60. The summed E-state index contributed by atoms with van der Waals surface area (Å²) in [5.41, 5.74) is 0. The Balaban J connectivity index is 3.13. The van der Waals surface area contributed by atoms with Crippen LogP contribution in [0, 0.1) is 0 Å². The fourth-order valence-corrected chi connectivity index (χ4v) is 3.63. The fourth-order valence-electron chi connectivity index (χ4n) is 1.71. The Morgan fingerprint density at radius 1 is 1.00 bits per heavy atom. The van der Waals surface area contributed by atoms with Gasteiger partial charge in [0.2, 0.25) is 0 Å². The van der Waals surface area contributed by atoms with E-state index >= 15 is 0 Å². The molecule has 0 bridgehead atoms. The summed E-state index contributed by atoms with van der Waals surface area (Å²) < 4.78 is 106. The molecule has 0 aromatic heterocycles. The van der Waals surface area contributed by atoms with Gasteiger partial charge in [0.25, 0.3) is 10.0 Å². The third kappa shape index (κ3) is 3.31. The van der Waals surface area contributed by atoms with Crippen molar-refractivity contribution in [1.82, 2.24) is 4.31 Å². The van der Waals surface area contributed by atoms with E-state index in [1.807, 2.05) is 0 Å². The van der Waals surface area contributed by atoms with Crippen LogP contribution >= 0.6 is 12.0 Å². The van der Waals surface area contributed by atoms with Gasteiger partial charge < -0.3 is 5.26 Å². The van der Waals surface area contributed by atoms with E-state index in [0.717, 1.165) is 0 Å². The van der Waals surface area contributed by atoms with Crippen LogP contribution in [0.3, 0.4) is 0 Å². The highest BCUT2D eigenvalue weighted by Gasteiger charge is 2.79. The molecule has 0 atom stereocenters. The molecule has 1 aliphatic heterocycles. The number of halogens is 6. The Morgan fingerprint density at radius 2 is 1.50 bits per heavy atom. The van der Waals surface area contributed by atoms with Gasteiger partial charge in [0.15, 0.2) is 0 Å². The first-order valence-electron chi connectivity index (χ1n) is 5.69. The summed E-state index contributed by atoms with van der Waals surface area (Å²) in [7, 11) is -6.05. The van der Waals surface area contributed by atoms with E-state index in [-0.39, 0.29) is 17.1 Å². The minimum absolute atomic E-state index is 0.0378. The summed E-state index contributed by atoms with van der Waals surface area (Å²) in [6.45, 7) is -0.959. The van der Waals surface area contributed by atoms with Crippen LogP contribution in [0.5, 0.6) is 0 Å². The van der Waals surface area contributed by atoms with E-state index in [0.29, 0.717) is 6.42 Å². The van der Waals surface area contributed by atoms with Crippen molar-refractivity contribution in [3.63, 3.8) is 0 Å².